The highest BCUT2D eigenvalue weighted by Crippen LogP contribution is 2.22. The molecular formula is C11H12O2. The Labute approximate surface area is 77.5 Å². The molecule has 0 N–H and O–H groups in total. The van der Waals surface area contributed by atoms with Crippen LogP contribution in [-0.2, 0) is 4.74 Å². The average molecular weight is 176 g/mol. The van der Waals surface area contributed by atoms with Gasteiger partial charge in [-0.25, -0.2) is 4.79 Å². The van der Waals surface area contributed by atoms with Crippen LogP contribution in [-0.4, -0.2) is 12.1 Å². The van der Waals surface area contributed by atoms with Crippen molar-refractivity contribution in [1.82, 2.24) is 0 Å². The molecule has 0 aromatic heterocycles. The number of ether oxygens (including phenoxy) is 1. The van der Waals surface area contributed by atoms with Crippen LogP contribution in [0, 0.1) is 0 Å². The van der Waals surface area contributed by atoms with E-state index in [1.54, 1.807) is 12.1 Å². The third-order valence-corrected chi connectivity index (χ3v) is 2.34. The van der Waals surface area contributed by atoms with Crippen molar-refractivity contribution in [1.29, 1.82) is 0 Å². The number of carbonyl (C=O) groups excluding carboxylic acids is 1. The molecule has 13 heavy (non-hydrogen) atoms. The second-order valence-corrected chi connectivity index (χ2v) is 3.32. The number of hydrogen-bond acceptors (Lipinski definition) is 2. The maximum atomic E-state index is 11.4. The topological polar surface area (TPSA) is 26.3 Å². The quantitative estimate of drug-likeness (QED) is 0.647. The summed E-state index contributed by atoms with van der Waals surface area (Å²) in [6.45, 7) is 0. The minimum atomic E-state index is -0.190. The molecular weight excluding hydrogens is 164 g/mol. The van der Waals surface area contributed by atoms with Gasteiger partial charge < -0.3 is 4.74 Å². The summed E-state index contributed by atoms with van der Waals surface area (Å²) >= 11 is 0. The zero-order valence-electron chi connectivity index (χ0n) is 7.40. The van der Waals surface area contributed by atoms with Crippen molar-refractivity contribution in [3.63, 3.8) is 0 Å². The minimum Gasteiger partial charge on any atom is -0.459 e. The molecule has 0 amide bonds. The molecule has 0 heterocycles. The van der Waals surface area contributed by atoms with Crippen LogP contribution in [0.5, 0.6) is 0 Å². The monoisotopic (exact) mass is 176 g/mol. The Morgan fingerprint density at radius 1 is 1.23 bits per heavy atom. The Bertz CT molecular complexity index is 288. The maximum absolute atomic E-state index is 11.4. The SMILES string of the molecule is O=C(OC1CCC1)c1ccccc1. The van der Waals surface area contributed by atoms with Gasteiger partial charge in [0.2, 0.25) is 0 Å². The lowest BCUT2D eigenvalue weighted by Crippen LogP contribution is -2.24. The molecule has 1 aliphatic rings. The van der Waals surface area contributed by atoms with Crippen LogP contribution in [0.1, 0.15) is 29.6 Å². The van der Waals surface area contributed by atoms with Gasteiger partial charge in [-0.2, -0.15) is 0 Å². The molecule has 0 saturated heterocycles. The summed E-state index contributed by atoms with van der Waals surface area (Å²) in [5.41, 5.74) is 0.648. The summed E-state index contributed by atoms with van der Waals surface area (Å²) in [7, 11) is 0. The van der Waals surface area contributed by atoms with Crippen molar-refractivity contribution in [2.45, 2.75) is 25.4 Å². The average Bonchev–Trinajstić information content (AvgIpc) is 2.12. The minimum absolute atomic E-state index is 0.174. The maximum Gasteiger partial charge on any atom is 0.338 e. The Morgan fingerprint density at radius 3 is 2.46 bits per heavy atom. The summed E-state index contributed by atoms with van der Waals surface area (Å²) < 4.78 is 5.23. The van der Waals surface area contributed by atoms with Gasteiger partial charge in [0.05, 0.1) is 5.56 Å². The molecule has 0 radical (unpaired) electrons. The van der Waals surface area contributed by atoms with E-state index in [-0.39, 0.29) is 12.1 Å². The molecule has 1 fully saturated rings. The van der Waals surface area contributed by atoms with Gasteiger partial charge in [0.15, 0.2) is 0 Å². The molecule has 2 heteroatoms. The Morgan fingerprint density at radius 2 is 1.92 bits per heavy atom. The lowest BCUT2D eigenvalue weighted by atomic mass is 9.96. The zero-order valence-corrected chi connectivity index (χ0v) is 7.40. The first-order valence-corrected chi connectivity index (χ1v) is 4.62. The summed E-state index contributed by atoms with van der Waals surface area (Å²) in [4.78, 5) is 11.4. The van der Waals surface area contributed by atoms with E-state index in [0.29, 0.717) is 5.56 Å². The van der Waals surface area contributed by atoms with Gasteiger partial charge in [-0.1, -0.05) is 18.2 Å². The second kappa shape index (κ2) is 3.60. The Hall–Kier alpha value is -1.31. The molecule has 0 unspecified atom stereocenters. The van der Waals surface area contributed by atoms with Crippen molar-refractivity contribution in [3.8, 4) is 0 Å². The molecule has 1 saturated carbocycles. The van der Waals surface area contributed by atoms with Crippen molar-refractivity contribution in [2.75, 3.05) is 0 Å². The number of benzene rings is 1. The van der Waals surface area contributed by atoms with Crippen molar-refractivity contribution in [2.24, 2.45) is 0 Å². The summed E-state index contributed by atoms with van der Waals surface area (Å²) in [6.07, 6.45) is 3.41. The largest absolute Gasteiger partial charge is 0.459 e. The van der Waals surface area contributed by atoms with Gasteiger partial charge in [0.1, 0.15) is 6.10 Å². The lowest BCUT2D eigenvalue weighted by Gasteiger charge is -2.25. The predicted octanol–water partition coefficient (Wildman–Crippen LogP) is 2.40. The van der Waals surface area contributed by atoms with Gasteiger partial charge in [-0.15, -0.1) is 0 Å². The van der Waals surface area contributed by atoms with Crippen LogP contribution in [0.4, 0.5) is 0 Å². The van der Waals surface area contributed by atoms with Crippen molar-refractivity contribution < 1.29 is 9.53 Å². The van der Waals surface area contributed by atoms with E-state index in [1.807, 2.05) is 18.2 Å². The van der Waals surface area contributed by atoms with Crippen molar-refractivity contribution in [3.05, 3.63) is 35.9 Å². The van der Waals surface area contributed by atoms with Gasteiger partial charge in [-0.3, -0.25) is 0 Å². The van der Waals surface area contributed by atoms with E-state index in [1.165, 1.54) is 6.42 Å². The molecule has 0 aliphatic heterocycles. The highest BCUT2D eigenvalue weighted by atomic mass is 16.5. The normalized spacial score (nSPS) is 16.3. The van der Waals surface area contributed by atoms with Crippen molar-refractivity contribution >= 4 is 5.97 Å². The first-order valence-electron chi connectivity index (χ1n) is 4.62. The number of carbonyl (C=O) groups is 1. The highest BCUT2D eigenvalue weighted by Gasteiger charge is 2.21. The predicted molar refractivity (Wildman–Crippen MR) is 49.5 cm³/mol. The van der Waals surface area contributed by atoms with Gasteiger partial charge in [-0.05, 0) is 31.4 Å². The fraction of sp³-hybridized carbons (Fsp3) is 0.364. The smallest absolute Gasteiger partial charge is 0.338 e. The van der Waals surface area contributed by atoms with E-state index >= 15 is 0 Å². The zero-order chi connectivity index (χ0) is 9.10. The summed E-state index contributed by atoms with van der Waals surface area (Å²) in [5.74, 6) is -0.190. The highest BCUT2D eigenvalue weighted by molar-refractivity contribution is 5.89. The first-order chi connectivity index (χ1) is 6.36. The third-order valence-electron chi connectivity index (χ3n) is 2.34. The fourth-order valence-corrected chi connectivity index (χ4v) is 1.28. The fourth-order valence-electron chi connectivity index (χ4n) is 1.28. The number of esters is 1. The van der Waals surface area contributed by atoms with E-state index < -0.39 is 0 Å². The molecule has 2 nitrogen and oxygen atoms in total. The van der Waals surface area contributed by atoms with Crippen LogP contribution in [0.3, 0.4) is 0 Å². The Kier molecular flexibility index (Phi) is 2.30. The molecule has 0 atom stereocenters. The Balaban J connectivity index is 1.97. The van der Waals surface area contributed by atoms with E-state index in [2.05, 4.69) is 0 Å². The first kappa shape index (κ1) is 8.30. The lowest BCUT2D eigenvalue weighted by molar-refractivity contribution is 0.00901. The van der Waals surface area contributed by atoms with Crippen LogP contribution in [0.25, 0.3) is 0 Å². The van der Waals surface area contributed by atoms with E-state index in [0.717, 1.165) is 12.8 Å². The van der Waals surface area contributed by atoms with Gasteiger partial charge >= 0.3 is 5.97 Å². The molecule has 68 valence electrons. The van der Waals surface area contributed by atoms with E-state index in [4.69, 9.17) is 4.74 Å². The van der Waals surface area contributed by atoms with Crippen LogP contribution < -0.4 is 0 Å². The van der Waals surface area contributed by atoms with Crippen LogP contribution >= 0.6 is 0 Å². The van der Waals surface area contributed by atoms with Gasteiger partial charge in [0, 0.05) is 0 Å². The molecule has 1 aromatic rings. The van der Waals surface area contributed by atoms with E-state index in [9.17, 15) is 4.79 Å². The summed E-state index contributed by atoms with van der Waals surface area (Å²) in [5, 5.41) is 0. The van der Waals surface area contributed by atoms with Gasteiger partial charge in [0.25, 0.3) is 0 Å². The molecule has 1 aromatic carbocycles. The molecule has 2 rings (SSSR count). The third kappa shape index (κ3) is 1.89. The van der Waals surface area contributed by atoms with Crippen LogP contribution in [0.15, 0.2) is 30.3 Å². The number of rotatable bonds is 2. The second-order valence-electron chi connectivity index (χ2n) is 3.32. The standard InChI is InChI=1S/C11H12O2/c12-11(13-10-7-4-8-10)9-5-2-1-3-6-9/h1-3,5-6,10H,4,7-8H2. The molecule has 1 aliphatic carbocycles. The van der Waals surface area contributed by atoms with Crippen LogP contribution in [0.2, 0.25) is 0 Å². The molecule has 0 spiro atoms. The number of hydrogen-bond donors (Lipinski definition) is 0. The summed E-state index contributed by atoms with van der Waals surface area (Å²) in [6, 6.07) is 9.14. The molecule has 0 bridgehead atoms.